The first-order valence-corrected chi connectivity index (χ1v) is 6.90. The van der Waals surface area contributed by atoms with Gasteiger partial charge in [0.15, 0.2) is 0 Å². The number of piperidine rings is 1. The molecule has 2 saturated heterocycles. The number of rotatable bonds is 1. The molecule has 0 radical (unpaired) electrons. The van der Waals surface area contributed by atoms with E-state index >= 15 is 0 Å². The van der Waals surface area contributed by atoms with Crippen LogP contribution in [0.25, 0.3) is 0 Å². The van der Waals surface area contributed by atoms with Crippen LogP contribution < -0.4 is 5.32 Å². The number of nitrogens with zero attached hydrogens (tertiary/aromatic N) is 1. The molecule has 19 heavy (non-hydrogen) atoms. The molecule has 100 valence electrons. The first-order valence-electron chi connectivity index (χ1n) is 6.90. The summed E-state index contributed by atoms with van der Waals surface area (Å²) >= 11 is 0. The average molecular weight is 258 g/mol. The third-order valence-corrected chi connectivity index (χ3v) is 4.07. The monoisotopic (exact) mass is 258 g/mol. The van der Waals surface area contributed by atoms with Crippen LogP contribution in [0.15, 0.2) is 30.3 Å². The molecule has 1 aromatic carbocycles. The fourth-order valence-electron chi connectivity index (χ4n) is 3.15. The standard InChI is InChI=1S/C15H18N2O2/c18-14-9-12-7-4-8-13(10-16-14)17(12)15(19)11-5-2-1-3-6-11/h1-3,5-6,12-13H,4,7-10H2,(H,16,18)/t12-,13+/m0/s1. The second-order valence-corrected chi connectivity index (χ2v) is 5.33. The zero-order valence-electron chi connectivity index (χ0n) is 10.8. The van der Waals surface area contributed by atoms with E-state index in [9.17, 15) is 9.59 Å². The summed E-state index contributed by atoms with van der Waals surface area (Å²) in [4.78, 5) is 26.3. The van der Waals surface area contributed by atoms with Crippen molar-refractivity contribution in [3.05, 3.63) is 35.9 Å². The molecule has 0 aromatic heterocycles. The van der Waals surface area contributed by atoms with Crippen LogP contribution in [0.1, 0.15) is 36.0 Å². The maximum atomic E-state index is 12.7. The maximum absolute atomic E-state index is 12.7. The molecular formula is C15H18N2O2. The van der Waals surface area contributed by atoms with Crippen molar-refractivity contribution in [3.63, 3.8) is 0 Å². The van der Waals surface area contributed by atoms with Gasteiger partial charge < -0.3 is 10.2 Å². The first-order chi connectivity index (χ1) is 9.25. The lowest BCUT2D eigenvalue weighted by molar-refractivity contribution is -0.121. The molecule has 2 atom stereocenters. The van der Waals surface area contributed by atoms with Crippen LogP contribution in [0, 0.1) is 0 Å². The molecule has 0 spiro atoms. The Morgan fingerprint density at radius 3 is 2.68 bits per heavy atom. The molecule has 2 heterocycles. The lowest BCUT2D eigenvalue weighted by Crippen LogP contribution is -2.51. The summed E-state index contributed by atoms with van der Waals surface area (Å²) in [5, 5.41) is 2.92. The molecule has 3 rings (SSSR count). The van der Waals surface area contributed by atoms with Gasteiger partial charge in [-0.15, -0.1) is 0 Å². The van der Waals surface area contributed by atoms with Gasteiger partial charge in [0.05, 0.1) is 0 Å². The normalized spacial score (nSPS) is 26.5. The van der Waals surface area contributed by atoms with Crippen molar-refractivity contribution < 1.29 is 9.59 Å². The Balaban J connectivity index is 1.89. The second kappa shape index (κ2) is 5.03. The van der Waals surface area contributed by atoms with Crippen LogP contribution >= 0.6 is 0 Å². The van der Waals surface area contributed by atoms with E-state index in [4.69, 9.17) is 0 Å². The van der Waals surface area contributed by atoms with Gasteiger partial charge in [0.1, 0.15) is 0 Å². The van der Waals surface area contributed by atoms with Crippen molar-refractivity contribution in [1.29, 1.82) is 0 Å². The quantitative estimate of drug-likeness (QED) is 0.831. The fourth-order valence-corrected chi connectivity index (χ4v) is 3.15. The largest absolute Gasteiger partial charge is 0.354 e. The molecule has 2 aliphatic rings. The molecule has 2 fully saturated rings. The van der Waals surface area contributed by atoms with Crippen LogP contribution in [-0.4, -0.2) is 35.3 Å². The summed E-state index contributed by atoms with van der Waals surface area (Å²) in [5.41, 5.74) is 0.716. The number of amides is 2. The first kappa shape index (κ1) is 12.2. The number of carbonyl (C=O) groups excluding carboxylic acids is 2. The van der Waals surface area contributed by atoms with Crippen LogP contribution in [0.4, 0.5) is 0 Å². The summed E-state index contributed by atoms with van der Waals surface area (Å²) in [6.45, 7) is 0.591. The number of fused-ring (bicyclic) bond motifs is 2. The lowest BCUT2D eigenvalue weighted by Gasteiger charge is -2.40. The van der Waals surface area contributed by atoms with E-state index in [-0.39, 0.29) is 23.9 Å². The SMILES string of the molecule is O=C1C[C@@H]2CCC[C@H](CN1)N2C(=O)c1ccccc1. The Hall–Kier alpha value is -1.84. The number of carbonyl (C=O) groups is 2. The molecule has 4 heteroatoms. The summed E-state index contributed by atoms with van der Waals surface area (Å²) in [5.74, 6) is 0.132. The van der Waals surface area contributed by atoms with E-state index < -0.39 is 0 Å². The minimum atomic E-state index is 0.0619. The molecule has 2 bridgehead atoms. The van der Waals surface area contributed by atoms with Gasteiger partial charge in [0.25, 0.3) is 5.91 Å². The number of hydrogen-bond donors (Lipinski definition) is 1. The molecule has 0 aliphatic carbocycles. The molecular weight excluding hydrogens is 240 g/mol. The summed E-state index contributed by atoms with van der Waals surface area (Å²) in [6, 6.07) is 9.57. The zero-order valence-corrected chi connectivity index (χ0v) is 10.8. The molecule has 2 amide bonds. The van der Waals surface area contributed by atoms with Gasteiger partial charge in [-0.2, -0.15) is 0 Å². The van der Waals surface area contributed by atoms with Crippen LogP contribution in [0.3, 0.4) is 0 Å². The van der Waals surface area contributed by atoms with Crippen LogP contribution in [-0.2, 0) is 4.79 Å². The smallest absolute Gasteiger partial charge is 0.254 e. The third-order valence-electron chi connectivity index (χ3n) is 4.07. The van der Waals surface area contributed by atoms with Gasteiger partial charge in [-0.3, -0.25) is 9.59 Å². The molecule has 0 saturated carbocycles. The summed E-state index contributed by atoms with van der Waals surface area (Å²) in [7, 11) is 0. The van der Waals surface area contributed by atoms with Crippen molar-refractivity contribution in [2.45, 2.75) is 37.8 Å². The number of hydrogen-bond acceptors (Lipinski definition) is 2. The van der Waals surface area contributed by atoms with Gasteiger partial charge in [-0.1, -0.05) is 18.2 Å². The highest BCUT2D eigenvalue weighted by atomic mass is 16.2. The molecule has 2 aliphatic heterocycles. The average Bonchev–Trinajstić information content (AvgIpc) is 2.53. The minimum absolute atomic E-state index is 0.0619. The number of benzene rings is 1. The van der Waals surface area contributed by atoms with Gasteiger partial charge in [0.2, 0.25) is 5.91 Å². The Morgan fingerprint density at radius 1 is 1.16 bits per heavy atom. The van der Waals surface area contributed by atoms with E-state index in [0.29, 0.717) is 18.5 Å². The molecule has 0 unspecified atom stereocenters. The van der Waals surface area contributed by atoms with E-state index in [1.165, 1.54) is 0 Å². The molecule has 1 aromatic rings. The topological polar surface area (TPSA) is 49.4 Å². The predicted molar refractivity (Wildman–Crippen MR) is 71.7 cm³/mol. The highest BCUT2D eigenvalue weighted by molar-refractivity contribution is 5.95. The van der Waals surface area contributed by atoms with Gasteiger partial charge >= 0.3 is 0 Å². The highest BCUT2D eigenvalue weighted by Crippen LogP contribution is 2.28. The Morgan fingerprint density at radius 2 is 1.89 bits per heavy atom. The summed E-state index contributed by atoms with van der Waals surface area (Å²) in [6.07, 6.45) is 3.45. The molecule has 4 nitrogen and oxygen atoms in total. The lowest BCUT2D eigenvalue weighted by atomic mass is 9.93. The Bertz CT molecular complexity index is 486. The van der Waals surface area contributed by atoms with Crippen LogP contribution in [0.5, 0.6) is 0 Å². The molecule has 1 N–H and O–H groups in total. The van der Waals surface area contributed by atoms with E-state index in [1.54, 1.807) is 0 Å². The Kier molecular flexibility index (Phi) is 3.23. The van der Waals surface area contributed by atoms with E-state index in [1.807, 2.05) is 35.2 Å². The predicted octanol–water partition coefficient (Wildman–Crippen LogP) is 1.57. The van der Waals surface area contributed by atoms with Crippen molar-refractivity contribution in [2.75, 3.05) is 6.54 Å². The maximum Gasteiger partial charge on any atom is 0.254 e. The van der Waals surface area contributed by atoms with Gasteiger partial charge in [-0.05, 0) is 31.4 Å². The van der Waals surface area contributed by atoms with Gasteiger partial charge in [0, 0.05) is 30.6 Å². The van der Waals surface area contributed by atoms with E-state index in [2.05, 4.69) is 5.32 Å². The van der Waals surface area contributed by atoms with Crippen molar-refractivity contribution >= 4 is 11.8 Å². The fraction of sp³-hybridized carbons (Fsp3) is 0.467. The third kappa shape index (κ3) is 2.35. The zero-order chi connectivity index (χ0) is 13.2. The van der Waals surface area contributed by atoms with Crippen molar-refractivity contribution in [2.24, 2.45) is 0 Å². The number of nitrogens with one attached hydrogen (secondary N) is 1. The van der Waals surface area contributed by atoms with Crippen molar-refractivity contribution in [1.82, 2.24) is 10.2 Å². The minimum Gasteiger partial charge on any atom is -0.354 e. The second-order valence-electron chi connectivity index (χ2n) is 5.33. The summed E-state index contributed by atoms with van der Waals surface area (Å²) < 4.78 is 0. The van der Waals surface area contributed by atoms with Crippen LogP contribution in [0.2, 0.25) is 0 Å². The van der Waals surface area contributed by atoms with E-state index in [0.717, 1.165) is 19.3 Å². The van der Waals surface area contributed by atoms with Gasteiger partial charge in [-0.25, -0.2) is 0 Å². The Labute approximate surface area is 112 Å². The van der Waals surface area contributed by atoms with Crippen molar-refractivity contribution in [3.8, 4) is 0 Å². The highest BCUT2D eigenvalue weighted by Gasteiger charge is 2.37.